The quantitative estimate of drug-likeness (QED) is 0.552. The standard InChI is InChI=1S/C27H26F2N4O4/c1-31-26(37)22-24(35)23(34)20(25(36)30-14-18-9-10-19(28)13-21(18)29)16-32(22)33(27(31)11-5-6-12-27)15-17-7-3-2-4-8-17/h2-4,7-10,13,16,35H,5-6,11-12,14-15H2,1H3,(H,30,36). The number of hydrogen-bond donors (Lipinski definition) is 2. The third-order valence-electron chi connectivity index (χ3n) is 7.32. The minimum atomic E-state index is -1.01. The maximum absolute atomic E-state index is 14.0. The van der Waals surface area contributed by atoms with Crippen LogP contribution >= 0.6 is 0 Å². The molecule has 2 aliphatic rings. The Kier molecular flexibility index (Phi) is 6.18. The first kappa shape index (κ1) is 24.5. The Hall–Kier alpha value is -4.21. The lowest BCUT2D eigenvalue weighted by Gasteiger charge is -2.53. The smallest absolute Gasteiger partial charge is 0.278 e. The van der Waals surface area contributed by atoms with E-state index in [9.17, 15) is 28.3 Å². The van der Waals surface area contributed by atoms with Crippen LogP contribution in [-0.2, 0) is 13.1 Å². The second kappa shape index (κ2) is 9.34. The molecule has 0 unspecified atom stereocenters. The van der Waals surface area contributed by atoms with E-state index in [1.54, 1.807) is 11.9 Å². The average Bonchev–Trinajstić information content (AvgIpc) is 3.38. The number of fused-ring (bicyclic) bond motifs is 1. The molecule has 1 fully saturated rings. The van der Waals surface area contributed by atoms with Crippen molar-refractivity contribution in [3.8, 4) is 5.75 Å². The van der Waals surface area contributed by atoms with Gasteiger partial charge < -0.3 is 15.3 Å². The molecule has 10 heteroatoms. The lowest BCUT2D eigenvalue weighted by molar-refractivity contribution is 0.0368. The predicted octanol–water partition coefficient (Wildman–Crippen LogP) is 3.26. The van der Waals surface area contributed by atoms with Crippen LogP contribution in [0.2, 0.25) is 0 Å². The highest BCUT2D eigenvalue weighted by atomic mass is 19.1. The third kappa shape index (κ3) is 4.12. The van der Waals surface area contributed by atoms with E-state index < -0.39 is 45.9 Å². The molecule has 3 aromatic rings. The van der Waals surface area contributed by atoms with E-state index in [0.717, 1.165) is 24.5 Å². The summed E-state index contributed by atoms with van der Waals surface area (Å²) in [5.41, 5.74) is -1.35. The number of hydrogen-bond acceptors (Lipinski definition) is 5. The van der Waals surface area contributed by atoms with Crippen molar-refractivity contribution in [2.75, 3.05) is 12.1 Å². The molecule has 192 valence electrons. The molecule has 0 bridgehead atoms. The van der Waals surface area contributed by atoms with Gasteiger partial charge in [-0.2, -0.15) is 0 Å². The highest BCUT2D eigenvalue weighted by Crippen LogP contribution is 2.42. The highest BCUT2D eigenvalue weighted by Gasteiger charge is 2.51. The first-order valence-corrected chi connectivity index (χ1v) is 12.0. The van der Waals surface area contributed by atoms with Crippen LogP contribution < -0.4 is 15.8 Å². The van der Waals surface area contributed by atoms with Gasteiger partial charge in [-0.1, -0.05) is 36.4 Å². The number of amides is 2. The fraction of sp³-hybridized carbons (Fsp3) is 0.296. The van der Waals surface area contributed by atoms with Crippen LogP contribution in [0.25, 0.3) is 0 Å². The van der Waals surface area contributed by atoms with Crippen LogP contribution in [0.4, 0.5) is 8.78 Å². The molecule has 2 N–H and O–H groups in total. The number of aromatic nitrogens is 1. The zero-order chi connectivity index (χ0) is 26.3. The summed E-state index contributed by atoms with van der Waals surface area (Å²) in [4.78, 5) is 41.0. The first-order valence-electron chi connectivity index (χ1n) is 12.0. The molecular formula is C27H26F2N4O4. The van der Waals surface area contributed by atoms with Gasteiger partial charge in [0.05, 0.1) is 6.54 Å². The van der Waals surface area contributed by atoms with Gasteiger partial charge in [-0.15, -0.1) is 0 Å². The zero-order valence-corrected chi connectivity index (χ0v) is 20.2. The van der Waals surface area contributed by atoms with Crippen LogP contribution in [-0.4, -0.2) is 39.2 Å². The molecule has 1 spiro atoms. The molecule has 1 aromatic heterocycles. The monoisotopic (exact) mass is 508 g/mol. The molecule has 1 aliphatic heterocycles. The van der Waals surface area contributed by atoms with Gasteiger partial charge in [-0.3, -0.25) is 24.1 Å². The van der Waals surface area contributed by atoms with E-state index >= 15 is 0 Å². The molecule has 2 amide bonds. The minimum Gasteiger partial charge on any atom is -0.502 e. The lowest BCUT2D eigenvalue weighted by atomic mass is 10.0. The number of nitrogens with one attached hydrogen (secondary N) is 1. The van der Waals surface area contributed by atoms with Crippen molar-refractivity contribution in [1.82, 2.24) is 14.9 Å². The van der Waals surface area contributed by atoms with Crippen molar-refractivity contribution in [2.24, 2.45) is 0 Å². The molecule has 37 heavy (non-hydrogen) atoms. The summed E-state index contributed by atoms with van der Waals surface area (Å²) in [6.07, 6.45) is 4.41. The summed E-state index contributed by atoms with van der Waals surface area (Å²) in [6.45, 7) is 0.0574. The lowest BCUT2D eigenvalue weighted by Crippen LogP contribution is -2.68. The van der Waals surface area contributed by atoms with Crippen LogP contribution in [0.3, 0.4) is 0 Å². The zero-order valence-electron chi connectivity index (χ0n) is 20.2. The highest BCUT2D eigenvalue weighted by molar-refractivity contribution is 5.99. The Morgan fingerprint density at radius 2 is 1.78 bits per heavy atom. The van der Waals surface area contributed by atoms with Gasteiger partial charge in [0.1, 0.15) is 22.9 Å². The van der Waals surface area contributed by atoms with E-state index in [2.05, 4.69) is 5.32 Å². The summed E-state index contributed by atoms with van der Waals surface area (Å²) < 4.78 is 28.7. The van der Waals surface area contributed by atoms with E-state index in [4.69, 9.17) is 0 Å². The van der Waals surface area contributed by atoms with Crippen molar-refractivity contribution >= 4 is 11.8 Å². The Balaban J connectivity index is 1.57. The van der Waals surface area contributed by atoms with Crippen molar-refractivity contribution in [3.05, 3.63) is 99.0 Å². The Labute approximate surface area is 211 Å². The maximum atomic E-state index is 14.0. The van der Waals surface area contributed by atoms with Gasteiger partial charge in [0.25, 0.3) is 11.8 Å². The maximum Gasteiger partial charge on any atom is 0.278 e. The third-order valence-corrected chi connectivity index (χ3v) is 7.32. The molecule has 0 radical (unpaired) electrons. The SMILES string of the molecule is CN1C(=O)c2c(O)c(=O)c(C(=O)NCc3ccc(F)cc3F)cn2N(Cc2ccccc2)C12CCCC2. The van der Waals surface area contributed by atoms with Gasteiger partial charge in [-0.25, -0.2) is 8.78 Å². The number of nitrogens with zero attached hydrogens (tertiary/aromatic N) is 3. The number of pyridine rings is 1. The molecule has 0 atom stereocenters. The fourth-order valence-corrected chi connectivity index (χ4v) is 5.31. The molecular weight excluding hydrogens is 482 g/mol. The fourth-order valence-electron chi connectivity index (χ4n) is 5.31. The Morgan fingerprint density at radius 1 is 1.08 bits per heavy atom. The number of benzene rings is 2. The average molecular weight is 509 g/mol. The number of rotatable bonds is 5. The summed E-state index contributed by atoms with van der Waals surface area (Å²) >= 11 is 0. The summed E-state index contributed by atoms with van der Waals surface area (Å²) in [7, 11) is 1.66. The van der Waals surface area contributed by atoms with E-state index in [1.807, 2.05) is 35.3 Å². The van der Waals surface area contributed by atoms with Crippen LogP contribution in [0.15, 0.2) is 59.5 Å². The topological polar surface area (TPSA) is 94.9 Å². The Morgan fingerprint density at radius 3 is 2.46 bits per heavy atom. The molecule has 2 aromatic carbocycles. The van der Waals surface area contributed by atoms with Crippen LogP contribution in [0.5, 0.6) is 5.75 Å². The molecule has 2 heterocycles. The number of halogens is 2. The van der Waals surface area contributed by atoms with E-state index in [0.29, 0.717) is 25.5 Å². The largest absolute Gasteiger partial charge is 0.502 e. The van der Waals surface area contributed by atoms with Crippen molar-refractivity contribution in [2.45, 2.75) is 44.4 Å². The van der Waals surface area contributed by atoms with Gasteiger partial charge in [0.15, 0.2) is 11.4 Å². The van der Waals surface area contributed by atoms with Gasteiger partial charge in [-0.05, 0) is 37.3 Å². The van der Waals surface area contributed by atoms with Gasteiger partial charge >= 0.3 is 0 Å². The van der Waals surface area contributed by atoms with Crippen LogP contribution in [0.1, 0.15) is 57.7 Å². The first-order chi connectivity index (χ1) is 17.7. The molecule has 1 aliphatic carbocycles. The normalized spacial score (nSPS) is 16.2. The summed E-state index contributed by atoms with van der Waals surface area (Å²) in [5.74, 6) is -3.79. The number of aromatic hydroxyl groups is 1. The minimum absolute atomic E-state index is 0.0319. The van der Waals surface area contributed by atoms with Crippen LogP contribution in [0, 0.1) is 11.6 Å². The molecule has 0 saturated heterocycles. The van der Waals surface area contributed by atoms with Gasteiger partial charge in [0, 0.05) is 31.4 Å². The summed E-state index contributed by atoms with van der Waals surface area (Å²) in [6, 6.07) is 12.5. The molecule has 1 saturated carbocycles. The Bertz CT molecular complexity index is 1430. The summed E-state index contributed by atoms with van der Waals surface area (Å²) in [5, 5.41) is 15.2. The number of carbonyl (C=O) groups is 2. The second-order valence-electron chi connectivity index (χ2n) is 9.43. The molecule has 5 rings (SSSR count). The second-order valence-corrected chi connectivity index (χ2v) is 9.43. The van der Waals surface area contributed by atoms with E-state index in [1.165, 1.54) is 16.9 Å². The van der Waals surface area contributed by atoms with Gasteiger partial charge in [0.2, 0.25) is 5.43 Å². The van der Waals surface area contributed by atoms with Crippen molar-refractivity contribution in [3.63, 3.8) is 0 Å². The van der Waals surface area contributed by atoms with E-state index in [-0.39, 0.29) is 17.8 Å². The number of carbonyl (C=O) groups excluding carboxylic acids is 2. The molecule has 8 nitrogen and oxygen atoms in total. The van der Waals surface area contributed by atoms with Crippen molar-refractivity contribution in [1.29, 1.82) is 0 Å². The predicted molar refractivity (Wildman–Crippen MR) is 132 cm³/mol. The van der Waals surface area contributed by atoms with Crippen molar-refractivity contribution < 1.29 is 23.5 Å².